The Morgan fingerprint density at radius 2 is 1.93 bits per heavy atom. The van der Waals surface area contributed by atoms with Gasteiger partial charge in [-0.1, -0.05) is 12.1 Å². The Morgan fingerprint density at radius 3 is 2.56 bits per heavy atom. The molecule has 1 fully saturated rings. The minimum atomic E-state index is -0.478. The maximum absolute atomic E-state index is 12.2. The van der Waals surface area contributed by atoms with Gasteiger partial charge in [-0.05, 0) is 43.5 Å². The second kappa shape index (κ2) is 8.07. The van der Waals surface area contributed by atoms with E-state index in [4.69, 9.17) is 0 Å². The van der Waals surface area contributed by atoms with Crippen molar-refractivity contribution in [3.63, 3.8) is 0 Å². The Labute approximate surface area is 158 Å². The topological polar surface area (TPSA) is 87.5 Å². The lowest BCUT2D eigenvalue weighted by molar-refractivity contribution is -0.384. The summed E-state index contributed by atoms with van der Waals surface area (Å²) < 4.78 is 0. The summed E-state index contributed by atoms with van der Waals surface area (Å²) in [5.41, 5.74) is 3.35. The molecule has 0 radical (unpaired) electrons. The van der Waals surface area contributed by atoms with Crippen molar-refractivity contribution in [2.75, 3.05) is 30.4 Å². The van der Waals surface area contributed by atoms with Gasteiger partial charge in [0.2, 0.25) is 0 Å². The van der Waals surface area contributed by atoms with Gasteiger partial charge < -0.3 is 15.5 Å². The van der Waals surface area contributed by atoms with Crippen LogP contribution in [0.4, 0.5) is 17.1 Å². The van der Waals surface area contributed by atoms with Crippen molar-refractivity contribution in [1.82, 2.24) is 5.32 Å². The van der Waals surface area contributed by atoms with Crippen LogP contribution in [0.3, 0.4) is 0 Å². The quantitative estimate of drug-likeness (QED) is 0.624. The lowest BCUT2D eigenvalue weighted by atomic mass is 10.0. The Hall–Kier alpha value is -3.09. The molecule has 2 N–H and O–H groups in total. The minimum absolute atomic E-state index is 0.0756. The highest BCUT2D eigenvalue weighted by Gasteiger charge is 2.24. The summed E-state index contributed by atoms with van der Waals surface area (Å²) in [5.74, 6) is -0.311. The molecule has 1 amide bonds. The molecule has 2 aromatic rings. The molecule has 142 valence electrons. The number of nitro benzene ring substituents is 1. The number of rotatable bonds is 5. The minimum Gasteiger partial charge on any atom is -0.382 e. The smallest absolute Gasteiger partial charge is 0.270 e. The van der Waals surface area contributed by atoms with Crippen LogP contribution in [-0.4, -0.2) is 37.0 Å². The fourth-order valence-corrected chi connectivity index (χ4v) is 3.47. The van der Waals surface area contributed by atoms with Gasteiger partial charge in [-0.15, -0.1) is 0 Å². The maximum Gasteiger partial charge on any atom is 0.270 e. The number of nitro groups is 1. The van der Waals surface area contributed by atoms with Gasteiger partial charge in [-0.3, -0.25) is 14.9 Å². The van der Waals surface area contributed by atoms with E-state index in [1.54, 1.807) is 6.07 Å². The Bertz CT molecular complexity index is 845. The van der Waals surface area contributed by atoms with Crippen LogP contribution in [-0.2, 0) is 0 Å². The van der Waals surface area contributed by atoms with Crippen LogP contribution in [0, 0.1) is 17.0 Å². The molecular formula is C20H24N4O3. The maximum atomic E-state index is 12.2. The van der Waals surface area contributed by atoms with E-state index in [0.29, 0.717) is 11.6 Å². The number of hydrogen-bond acceptors (Lipinski definition) is 5. The monoisotopic (exact) mass is 368 g/mol. The van der Waals surface area contributed by atoms with E-state index in [1.165, 1.54) is 24.7 Å². The van der Waals surface area contributed by atoms with Crippen LogP contribution in [0.25, 0.3) is 0 Å². The molecule has 0 atom stereocenters. The Kier molecular flexibility index (Phi) is 5.59. The predicted molar refractivity (Wildman–Crippen MR) is 107 cm³/mol. The number of amides is 1. The molecule has 1 saturated heterocycles. The van der Waals surface area contributed by atoms with Crippen molar-refractivity contribution in [3.8, 4) is 0 Å². The van der Waals surface area contributed by atoms with Crippen molar-refractivity contribution < 1.29 is 9.72 Å². The molecule has 2 aromatic carbocycles. The Morgan fingerprint density at radius 1 is 1.19 bits per heavy atom. The molecule has 7 heteroatoms. The zero-order valence-electron chi connectivity index (χ0n) is 15.6. The van der Waals surface area contributed by atoms with Gasteiger partial charge in [-0.25, -0.2) is 0 Å². The second-order valence-corrected chi connectivity index (χ2v) is 6.81. The molecule has 27 heavy (non-hydrogen) atoms. The van der Waals surface area contributed by atoms with Crippen LogP contribution in [0.15, 0.2) is 42.5 Å². The van der Waals surface area contributed by atoms with Crippen LogP contribution in [0.5, 0.6) is 0 Å². The summed E-state index contributed by atoms with van der Waals surface area (Å²) in [6, 6.07) is 13.2. The van der Waals surface area contributed by atoms with E-state index < -0.39 is 4.92 Å². The van der Waals surface area contributed by atoms with E-state index in [2.05, 4.69) is 40.7 Å². The van der Waals surface area contributed by atoms with Crippen LogP contribution < -0.4 is 15.5 Å². The number of carbonyl (C=O) groups excluding carboxylic acids is 1. The first-order chi connectivity index (χ1) is 13.0. The third kappa shape index (κ3) is 4.36. The summed E-state index contributed by atoms with van der Waals surface area (Å²) in [7, 11) is 1.53. The molecule has 0 spiro atoms. The molecule has 1 aliphatic rings. The average Bonchev–Trinajstić information content (AvgIpc) is 2.67. The molecule has 1 heterocycles. The highest BCUT2D eigenvalue weighted by atomic mass is 16.6. The van der Waals surface area contributed by atoms with E-state index in [1.807, 2.05) is 6.07 Å². The van der Waals surface area contributed by atoms with Crippen molar-refractivity contribution in [1.29, 1.82) is 0 Å². The molecular weight excluding hydrogens is 344 g/mol. The number of piperidine rings is 1. The number of hydrogen-bond donors (Lipinski definition) is 2. The fourth-order valence-electron chi connectivity index (χ4n) is 3.47. The summed E-state index contributed by atoms with van der Waals surface area (Å²) in [6.45, 7) is 3.64. The van der Waals surface area contributed by atoms with Gasteiger partial charge in [-0.2, -0.15) is 0 Å². The first-order valence-electron chi connectivity index (χ1n) is 9.06. The van der Waals surface area contributed by atoms with E-state index in [9.17, 15) is 14.9 Å². The molecule has 1 aliphatic heterocycles. The van der Waals surface area contributed by atoms with E-state index in [0.717, 1.165) is 37.3 Å². The van der Waals surface area contributed by atoms with Gasteiger partial charge in [0.25, 0.3) is 11.6 Å². The van der Waals surface area contributed by atoms with E-state index in [-0.39, 0.29) is 11.6 Å². The first kappa shape index (κ1) is 18.7. The van der Waals surface area contributed by atoms with Crippen molar-refractivity contribution in [3.05, 3.63) is 63.7 Å². The van der Waals surface area contributed by atoms with Gasteiger partial charge >= 0.3 is 0 Å². The van der Waals surface area contributed by atoms with Crippen molar-refractivity contribution >= 4 is 23.0 Å². The number of carbonyl (C=O) groups is 1. The standard InChI is InChI=1S/C20H24N4O3/c1-14-4-3-5-16(12-14)22-15-8-10-23(11-9-15)19-7-6-17(24(26)27)13-18(19)20(25)21-2/h3-7,12-13,15,22H,8-11H2,1-2H3,(H,21,25). The number of aryl methyl sites for hydroxylation is 1. The summed E-state index contributed by atoms with van der Waals surface area (Å²) in [4.78, 5) is 24.9. The zero-order chi connectivity index (χ0) is 19.4. The van der Waals surface area contributed by atoms with Gasteiger partial charge in [0, 0.05) is 44.0 Å². The fraction of sp³-hybridized carbons (Fsp3) is 0.350. The SMILES string of the molecule is CNC(=O)c1cc([N+](=O)[O-])ccc1N1CCC(Nc2cccc(C)c2)CC1. The zero-order valence-corrected chi connectivity index (χ0v) is 15.6. The summed E-state index contributed by atoms with van der Waals surface area (Å²) in [6.07, 6.45) is 1.86. The number of non-ortho nitro benzene ring substituents is 1. The first-order valence-corrected chi connectivity index (χ1v) is 9.06. The summed E-state index contributed by atoms with van der Waals surface area (Å²) >= 11 is 0. The van der Waals surface area contributed by atoms with Crippen LogP contribution in [0.2, 0.25) is 0 Å². The number of nitrogens with one attached hydrogen (secondary N) is 2. The highest BCUT2D eigenvalue weighted by Crippen LogP contribution is 2.29. The lowest BCUT2D eigenvalue weighted by Crippen LogP contribution is -2.40. The highest BCUT2D eigenvalue weighted by molar-refractivity contribution is 6.00. The largest absolute Gasteiger partial charge is 0.382 e. The summed E-state index contributed by atoms with van der Waals surface area (Å²) in [5, 5.41) is 17.2. The number of anilines is 2. The molecule has 0 aromatic heterocycles. The van der Waals surface area contributed by atoms with Crippen molar-refractivity contribution in [2.45, 2.75) is 25.8 Å². The third-order valence-electron chi connectivity index (χ3n) is 4.89. The van der Waals surface area contributed by atoms with E-state index >= 15 is 0 Å². The van der Waals surface area contributed by atoms with Gasteiger partial charge in [0.1, 0.15) is 0 Å². The van der Waals surface area contributed by atoms with Gasteiger partial charge in [0.05, 0.1) is 16.2 Å². The number of nitrogens with zero attached hydrogens (tertiary/aromatic N) is 2. The Balaban J connectivity index is 1.71. The normalized spacial score (nSPS) is 14.7. The molecule has 3 rings (SSSR count). The molecule has 0 saturated carbocycles. The second-order valence-electron chi connectivity index (χ2n) is 6.81. The molecule has 0 aliphatic carbocycles. The van der Waals surface area contributed by atoms with Crippen LogP contribution >= 0.6 is 0 Å². The third-order valence-corrected chi connectivity index (χ3v) is 4.89. The lowest BCUT2D eigenvalue weighted by Gasteiger charge is -2.35. The number of benzene rings is 2. The molecule has 0 unspecified atom stereocenters. The predicted octanol–water partition coefficient (Wildman–Crippen LogP) is 3.34. The van der Waals surface area contributed by atoms with Gasteiger partial charge in [0.15, 0.2) is 0 Å². The molecule has 0 bridgehead atoms. The van der Waals surface area contributed by atoms with Crippen molar-refractivity contribution in [2.24, 2.45) is 0 Å². The average molecular weight is 368 g/mol. The van der Waals surface area contributed by atoms with Crippen LogP contribution in [0.1, 0.15) is 28.8 Å². The molecule has 7 nitrogen and oxygen atoms in total.